The van der Waals surface area contributed by atoms with Crippen molar-refractivity contribution in [1.29, 1.82) is 0 Å². The number of unbranched alkanes of at least 4 members (excludes halogenated alkanes) is 33. The van der Waals surface area contributed by atoms with Crippen molar-refractivity contribution in [1.82, 2.24) is 0 Å². The standard InChI is InChI=1S/C46H96O3Si/c1-6-9-12-15-18-21-24-26-27-29-32-35-38-41-44-49-50(45-46(4)5,47-42-39-36-33-30-23-20-17-14-11-8-3)48-43-40-37-34-31-28-25-22-19-16-13-10-7-2/h46H,6-45H2,1-5H3. The molecule has 0 spiro atoms. The molecule has 0 saturated carbocycles. The Morgan fingerprint density at radius 2 is 0.460 bits per heavy atom. The van der Waals surface area contributed by atoms with Gasteiger partial charge in [0.05, 0.1) is 0 Å². The van der Waals surface area contributed by atoms with E-state index >= 15 is 0 Å². The molecule has 0 radical (unpaired) electrons. The van der Waals surface area contributed by atoms with Crippen molar-refractivity contribution in [3.05, 3.63) is 0 Å². The van der Waals surface area contributed by atoms with Gasteiger partial charge in [-0.05, 0) is 25.2 Å². The first-order chi connectivity index (χ1) is 24.6. The number of rotatable bonds is 44. The second-order valence-corrected chi connectivity index (χ2v) is 19.1. The third kappa shape index (κ3) is 37.8. The minimum Gasteiger partial charge on any atom is -0.373 e. The minimum atomic E-state index is -2.66. The zero-order valence-corrected chi connectivity index (χ0v) is 36.6. The van der Waals surface area contributed by atoms with Gasteiger partial charge in [0, 0.05) is 25.9 Å². The summed E-state index contributed by atoms with van der Waals surface area (Å²) in [5.41, 5.74) is 0. The molecule has 1 atom stereocenters. The van der Waals surface area contributed by atoms with Gasteiger partial charge in [-0.3, -0.25) is 0 Å². The third-order valence-corrected chi connectivity index (χ3v) is 13.9. The molecule has 302 valence electrons. The fourth-order valence-corrected chi connectivity index (χ4v) is 10.3. The molecule has 3 nitrogen and oxygen atoms in total. The minimum absolute atomic E-state index is 0.535. The average Bonchev–Trinajstić information content (AvgIpc) is 3.10. The Kier molecular flexibility index (Phi) is 41.9. The summed E-state index contributed by atoms with van der Waals surface area (Å²) in [6.45, 7) is 14.0. The quantitative estimate of drug-likeness (QED) is 0.0462. The molecule has 0 rings (SSSR count). The predicted octanol–water partition coefficient (Wildman–Crippen LogP) is 16.7. The molecule has 0 bridgehead atoms. The number of hydrogen-bond donors (Lipinski definition) is 0. The zero-order chi connectivity index (χ0) is 36.5. The van der Waals surface area contributed by atoms with Crippen molar-refractivity contribution in [3.8, 4) is 0 Å². The first-order valence-corrected chi connectivity index (χ1v) is 25.4. The third-order valence-electron chi connectivity index (χ3n) is 10.6. The first kappa shape index (κ1) is 50.1. The molecule has 0 saturated heterocycles. The average molecular weight is 725 g/mol. The molecule has 0 aliphatic carbocycles. The molecular formula is C46H96O3Si. The Labute approximate surface area is 318 Å². The van der Waals surface area contributed by atoms with E-state index in [1.54, 1.807) is 0 Å². The van der Waals surface area contributed by atoms with Gasteiger partial charge >= 0.3 is 8.80 Å². The Bertz CT molecular complexity index is 614. The van der Waals surface area contributed by atoms with Crippen LogP contribution in [0.1, 0.15) is 266 Å². The highest BCUT2D eigenvalue weighted by Crippen LogP contribution is 2.24. The van der Waals surface area contributed by atoms with Gasteiger partial charge in [-0.15, -0.1) is 0 Å². The first-order valence-electron chi connectivity index (χ1n) is 23.5. The Hall–Kier alpha value is 0.0969. The summed E-state index contributed by atoms with van der Waals surface area (Å²) < 4.78 is 20.2. The van der Waals surface area contributed by atoms with Crippen molar-refractivity contribution in [3.63, 3.8) is 0 Å². The predicted molar refractivity (Wildman–Crippen MR) is 226 cm³/mol. The highest BCUT2D eigenvalue weighted by Gasteiger charge is 2.41. The van der Waals surface area contributed by atoms with Crippen molar-refractivity contribution >= 4 is 8.80 Å². The maximum atomic E-state index is 6.74. The van der Waals surface area contributed by atoms with Crippen molar-refractivity contribution in [2.75, 3.05) is 19.8 Å². The second-order valence-electron chi connectivity index (χ2n) is 16.5. The second kappa shape index (κ2) is 41.8. The summed E-state index contributed by atoms with van der Waals surface area (Å²) in [5.74, 6) is 0.535. The van der Waals surface area contributed by atoms with Crippen LogP contribution >= 0.6 is 0 Å². The van der Waals surface area contributed by atoms with E-state index in [0.717, 1.165) is 45.1 Å². The SMILES string of the molecule is CCCCCCCCCCCCCCCCO[Si](CC(C)C)(OCCCCCCCCCCCC)OCCCCCCCCCCCCCC. The van der Waals surface area contributed by atoms with Gasteiger partial charge in [-0.1, -0.05) is 247 Å². The largest absolute Gasteiger partial charge is 0.501 e. The maximum absolute atomic E-state index is 6.74. The smallest absolute Gasteiger partial charge is 0.373 e. The van der Waals surface area contributed by atoms with Crippen LogP contribution in [0.2, 0.25) is 6.04 Å². The van der Waals surface area contributed by atoms with Crippen molar-refractivity contribution in [2.45, 2.75) is 272 Å². The molecular weight excluding hydrogens is 629 g/mol. The lowest BCUT2D eigenvalue weighted by Gasteiger charge is -2.31. The van der Waals surface area contributed by atoms with E-state index < -0.39 is 8.80 Å². The van der Waals surface area contributed by atoms with Crippen LogP contribution in [0.4, 0.5) is 0 Å². The van der Waals surface area contributed by atoms with Crippen LogP contribution in [0.15, 0.2) is 0 Å². The van der Waals surface area contributed by atoms with E-state index in [1.165, 1.54) is 212 Å². The lowest BCUT2D eigenvalue weighted by molar-refractivity contribution is 0.0524. The molecule has 0 aromatic carbocycles. The van der Waals surface area contributed by atoms with E-state index in [-0.39, 0.29) is 0 Å². The van der Waals surface area contributed by atoms with E-state index in [0.29, 0.717) is 5.92 Å². The molecule has 4 heteroatoms. The maximum Gasteiger partial charge on any atom is 0.501 e. The topological polar surface area (TPSA) is 27.7 Å². The van der Waals surface area contributed by atoms with Gasteiger partial charge in [0.1, 0.15) is 0 Å². The summed E-state index contributed by atoms with van der Waals surface area (Å²) in [7, 11) is -2.66. The Morgan fingerprint density at radius 3 is 0.640 bits per heavy atom. The van der Waals surface area contributed by atoms with Crippen LogP contribution < -0.4 is 0 Å². The fourth-order valence-electron chi connectivity index (χ4n) is 7.31. The molecule has 0 aliphatic heterocycles. The van der Waals surface area contributed by atoms with Crippen molar-refractivity contribution < 1.29 is 13.3 Å². The van der Waals surface area contributed by atoms with E-state index in [2.05, 4.69) is 34.6 Å². The van der Waals surface area contributed by atoms with Crippen LogP contribution in [-0.2, 0) is 13.3 Å². The molecule has 1 unspecified atom stereocenters. The van der Waals surface area contributed by atoms with Crippen molar-refractivity contribution in [2.24, 2.45) is 5.92 Å². The molecule has 0 fully saturated rings. The van der Waals surface area contributed by atoms with Crippen LogP contribution in [0, 0.1) is 5.92 Å². The Morgan fingerprint density at radius 1 is 0.280 bits per heavy atom. The summed E-state index contributed by atoms with van der Waals surface area (Å²) >= 11 is 0. The molecule has 0 aromatic rings. The molecule has 0 aromatic heterocycles. The lowest BCUT2D eigenvalue weighted by Crippen LogP contribution is -2.47. The van der Waals surface area contributed by atoms with E-state index in [1.807, 2.05) is 0 Å². The highest BCUT2D eigenvalue weighted by atomic mass is 28.4. The van der Waals surface area contributed by atoms with Crippen LogP contribution in [-0.4, -0.2) is 28.6 Å². The summed E-state index contributed by atoms with van der Waals surface area (Å²) in [5, 5.41) is 0. The molecule has 0 N–H and O–H groups in total. The molecule has 0 aliphatic rings. The van der Waals surface area contributed by atoms with E-state index in [4.69, 9.17) is 13.3 Å². The van der Waals surface area contributed by atoms with Crippen LogP contribution in [0.3, 0.4) is 0 Å². The van der Waals surface area contributed by atoms with Gasteiger partial charge in [0.25, 0.3) is 0 Å². The highest BCUT2D eigenvalue weighted by molar-refractivity contribution is 6.60. The number of hydrogen-bond acceptors (Lipinski definition) is 3. The lowest BCUT2D eigenvalue weighted by atomic mass is 10.0. The summed E-state index contributed by atoms with van der Waals surface area (Å²) in [6.07, 6.45) is 49.5. The summed E-state index contributed by atoms with van der Waals surface area (Å²) in [4.78, 5) is 0. The molecule has 50 heavy (non-hydrogen) atoms. The monoisotopic (exact) mass is 725 g/mol. The fraction of sp³-hybridized carbons (Fsp3) is 1.00. The zero-order valence-electron chi connectivity index (χ0n) is 35.6. The van der Waals surface area contributed by atoms with Crippen LogP contribution in [0.5, 0.6) is 0 Å². The molecule has 0 amide bonds. The van der Waals surface area contributed by atoms with E-state index in [9.17, 15) is 0 Å². The van der Waals surface area contributed by atoms with Gasteiger partial charge < -0.3 is 13.3 Å². The van der Waals surface area contributed by atoms with Gasteiger partial charge in [0.15, 0.2) is 0 Å². The van der Waals surface area contributed by atoms with Crippen LogP contribution in [0.25, 0.3) is 0 Å². The van der Waals surface area contributed by atoms with Gasteiger partial charge in [0.2, 0.25) is 0 Å². The van der Waals surface area contributed by atoms with Gasteiger partial charge in [-0.2, -0.15) is 0 Å². The Balaban J connectivity index is 4.43. The molecule has 0 heterocycles. The normalized spacial score (nSPS) is 13.1. The summed E-state index contributed by atoms with van der Waals surface area (Å²) in [6, 6.07) is 0.960. The van der Waals surface area contributed by atoms with Gasteiger partial charge in [-0.25, -0.2) is 0 Å².